The van der Waals surface area contributed by atoms with Crippen LogP contribution in [0.5, 0.6) is 11.5 Å². The number of hydrogen-bond acceptors (Lipinski definition) is 5. The SMILES string of the molecule is COc1ccc2[nH]c(C(=O)Cc3nccc(OC)c3C)nc2c1. The summed E-state index contributed by atoms with van der Waals surface area (Å²) in [4.78, 5) is 24.1. The van der Waals surface area contributed by atoms with Gasteiger partial charge in [0.05, 0.1) is 37.4 Å². The Bertz CT molecular complexity index is 871. The number of ketones is 1. The van der Waals surface area contributed by atoms with E-state index in [1.165, 1.54) is 0 Å². The average molecular weight is 311 g/mol. The van der Waals surface area contributed by atoms with Crippen molar-refractivity contribution in [3.63, 3.8) is 0 Å². The lowest BCUT2D eigenvalue weighted by molar-refractivity contribution is 0.0983. The molecule has 0 spiro atoms. The molecule has 0 atom stereocenters. The van der Waals surface area contributed by atoms with Crippen molar-refractivity contribution >= 4 is 16.8 Å². The predicted octanol–water partition coefficient (Wildman–Crippen LogP) is 2.71. The van der Waals surface area contributed by atoms with E-state index in [-0.39, 0.29) is 12.2 Å². The predicted molar refractivity (Wildman–Crippen MR) is 86.2 cm³/mol. The number of H-pyrrole nitrogens is 1. The molecule has 0 amide bonds. The quantitative estimate of drug-likeness (QED) is 0.733. The number of rotatable bonds is 5. The summed E-state index contributed by atoms with van der Waals surface area (Å²) < 4.78 is 10.4. The van der Waals surface area contributed by atoms with E-state index in [4.69, 9.17) is 9.47 Å². The lowest BCUT2D eigenvalue weighted by Gasteiger charge is -2.07. The third kappa shape index (κ3) is 2.88. The summed E-state index contributed by atoms with van der Waals surface area (Å²) in [6.07, 6.45) is 1.80. The van der Waals surface area contributed by atoms with Gasteiger partial charge < -0.3 is 14.5 Å². The molecular formula is C17H17N3O3. The Labute approximate surface area is 133 Å². The van der Waals surface area contributed by atoms with Crippen LogP contribution in [-0.2, 0) is 6.42 Å². The molecule has 3 aromatic rings. The second-order valence-electron chi connectivity index (χ2n) is 5.15. The van der Waals surface area contributed by atoms with Crippen LogP contribution in [0.15, 0.2) is 30.5 Å². The summed E-state index contributed by atoms with van der Waals surface area (Å²) >= 11 is 0. The smallest absolute Gasteiger partial charge is 0.204 e. The Balaban J connectivity index is 1.89. The fraction of sp³-hybridized carbons (Fsp3) is 0.235. The molecule has 0 saturated heterocycles. The van der Waals surface area contributed by atoms with Crippen LogP contribution in [-0.4, -0.2) is 35.0 Å². The van der Waals surface area contributed by atoms with Crippen LogP contribution >= 0.6 is 0 Å². The highest BCUT2D eigenvalue weighted by molar-refractivity contribution is 5.97. The van der Waals surface area contributed by atoms with Gasteiger partial charge in [0.15, 0.2) is 5.82 Å². The molecular weight excluding hydrogens is 294 g/mol. The number of fused-ring (bicyclic) bond motifs is 1. The van der Waals surface area contributed by atoms with Crippen LogP contribution in [0.4, 0.5) is 0 Å². The number of pyridine rings is 1. The van der Waals surface area contributed by atoms with Crippen LogP contribution in [0.1, 0.15) is 21.9 Å². The van der Waals surface area contributed by atoms with Gasteiger partial charge in [-0.25, -0.2) is 4.98 Å². The Morgan fingerprint density at radius 1 is 1.22 bits per heavy atom. The maximum absolute atomic E-state index is 12.5. The first-order valence-corrected chi connectivity index (χ1v) is 7.18. The fourth-order valence-corrected chi connectivity index (χ4v) is 2.44. The molecule has 23 heavy (non-hydrogen) atoms. The molecule has 2 heterocycles. The highest BCUT2D eigenvalue weighted by Gasteiger charge is 2.16. The van der Waals surface area contributed by atoms with E-state index in [1.807, 2.05) is 19.1 Å². The van der Waals surface area contributed by atoms with E-state index in [0.717, 1.165) is 16.8 Å². The number of nitrogens with zero attached hydrogens (tertiary/aromatic N) is 2. The molecule has 1 aromatic carbocycles. The zero-order valence-electron chi connectivity index (χ0n) is 13.2. The number of nitrogens with one attached hydrogen (secondary N) is 1. The maximum atomic E-state index is 12.5. The van der Waals surface area contributed by atoms with E-state index in [1.54, 1.807) is 32.5 Å². The van der Waals surface area contributed by atoms with E-state index < -0.39 is 0 Å². The van der Waals surface area contributed by atoms with Gasteiger partial charge in [-0.3, -0.25) is 9.78 Å². The lowest BCUT2D eigenvalue weighted by Crippen LogP contribution is -2.09. The fourth-order valence-electron chi connectivity index (χ4n) is 2.44. The maximum Gasteiger partial charge on any atom is 0.204 e. The summed E-state index contributed by atoms with van der Waals surface area (Å²) in [7, 11) is 3.19. The van der Waals surface area contributed by atoms with Crippen molar-refractivity contribution in [2.75, 3.05) is 14.2 Å². The van der Waals surface area contributed by atoms with Crippen LogP contribution in [0, 0.1) is 6.92 Å². The number of Topliss-reactive ketones (excluding diaryl/α,β-unsaturated/α-hetero) is 1. The van der Waals surface area contributed by atoms with Crippen LogP contribution in [0.25, 0.3) is 11.0 Å². The Hall–Kier alpha value is -2.89. The molecule has 0 radical (unpaired) electrons. The Morgan fingerprint density at radius 2 is 2.04 bits per heavy atom. The number of carbonyl (C=O) groups excluding carboxylic acids is 1. The monoisotopic (exact) mass is 311 g/mol. The third-order valence-corrected chi connectivity index (χ3v) is 3.76. The van der Waals surface area contributed by atoms with E-state index in [9.17, 15) is 4.79 Å². The number of ether oxygens (including phenoxy) is 2. The number of aromatic amines is 1. The minimum atomic E-state index is -0.121. The van der Waals surface area contributed by atoms with Crippen LogP contribution < -0.4 is 9.47 Å². The van der Waals surface area contributed by atoms with Crippen molar-refractivity contribution < 1.29 is 14.3 Å². The molecule has 0 bridgehead atoms. The largest absolute Gasteiger partial charge is 0.497 e. The van der Waals surface area contributed by atoms with Crippen LogP contribution in [0.2, 0.25) is 0 Å². The average Bonchev–Trinajstić information content (AvgIpc) is 2.99. The molecule has 2 aromatic heterocycles. The highest BCUT2D eigenvalue weighted by Crippen LogP contribution is 2.21. The standard InChI is InChI=1S/C17H17N3O3/c1-10-13(18-7-6-16(10)23-3)9-15(21)17-19-12-5-4-11(22-2)8-14(12)20-17/h4-8H,9H2,1-3H3,(H,19,20). The van der Waals surface area contributed by atoms with Gasteiger partial charge in [0, 0.05) is 17.8 Å². The minimum Gasteiger partial charge on any atom is -0.497 e. The van der Waals surface area contributed by atoms with Gasteiger partial charge in [-0.2, -0.15) is 0 Å². The molecule has 0 aliphatic carbocycles. The number of imidazole rings is 1. The number of carbonyl (C=O) groups is 1. The summed E-state index contributed by atoms with van der Waals surface area (Å²) in [6, 6.07) is 7.23. The van der Waals surface area contributed by atoms with Gasteiger partial charge in [-0.05, 0) is 25.1 Å². The second kappa shape index (κ2) is 6.08. The zero-order chi connectivity index (χ0) is 16.4. The summed E-state index contributed by atoms with van der Waals surface area (Å²) in [5.41, 5.74) is 3.04. The van der Waals surface area contributed by atoms with Crippen molar-refractivity contribution in [1.29, 1.82) is 0 Å². The second-order valence-corrected chi connectivity index (χ2v) is 5.15. The molecule has 0 aliphatic rings. The molecule has 6 heteroatoms. The number of aromatic nitrogens is 3. The van der Waals surface area contributed by atoms with Crippen LogP contribution in [0.3, 0.4) is 0 Å². The van der Waals surface area contributed by atoms with Crippen molar-refractivity contribution in [1.82, 2.24) is 15.0 Å². The van der Waals surface area contributed by atoms with E-state index in [0.29, 0.717) is 22.8 Å². The van der Waals surface area contributed by atoms with Crippen molar-refractivity contribution in [3.05, 3.63) is 47.5 Å². The van der Waals surface area contributed by atoms with E-state index >= 15 is 0 Å². The van der Waals surface area contributed by atoms with E-state index in [2.05, 4.69) is 15.0 Å². The first-order chi connectivity index (χ1) is 11.1. The van der Waals surface area contributed by atoms with Crippen molar-refractivity contribution in [2.24, 2.45) is 0 Å². The highest BCUT2D eigenvalue weighted by atomic mass is 16.5. The first kappa shape index (κ1) is 15.0. The number of hydrogen-bond donors (Lipinski definition) is 1. The van der Waals surface area contributed by atoms with Crippen molar-refractivity contribution in [2.45, 2.75) is 13.3 Å². The summed E-state index contributed by atoms with van der Waals surface area (Å²) in [6.45, 7) is 1.89. The van der Waals surface area contributed by atoms with Gasteiger partial charge >= 0.3 is 0 Å². The molecule has 0 saturated carbocycles. The number of methoxy groups -OCH3 is 2. The van der Waals surface area contributed by atoms with Gasteiger partial charge in [0.2, 0.25) is 5.78 Å². The van der Waals surface area contributed by atoms with Gasteiger partial charge in [-0.1, -0.05) is 0 Å². The molecule has 118 valence electrons. The van der Waals surface area contributed by atoms with Crippen molar-refractivity contribution in [3.8, 4) is 11.5 Å². The number of benzene rings is 1. The Kier molecular flexibility index (Phi) is 3.97. The molecule has 0 fully saturated rings. The molecule has 0 unspecified atom stereocenters. The minimum absolute atomic E-state index is 0.121. The molecule has 1 N–H and O–H groups in total. The zero-order valence-corrected chi connectivity index (χ0v) is 13.2. The normalized spacial score (nSPS) is 10.7. The Morgan fingerprint density at radius 3 is 2.78 bits per heavy atom. The third-order valence-electron chi connectivity index (χ3n) is 3.76. The topological polar surface area (TPSA) is 77.1 Å². The summed E-state index contributed by atoms with van der Waals surface area (Å²) in [5, 5.41) is 0. The first-order valence-electron chi connectivity index (χ1n) is 7.18. The lowest BCUT2D eigenvalue weighted by atomic mass is 10.1. The molecule has 6 nitrogen and oxygen atoms in total. The van der Waals surface area contributed by atoms with Gasteiger partial charge in [-0.15, -0.1) is 0 Å². The van der Waals surface area contributed by atoms with Gasteiger partial charge in [0.25, 0.3) is 0 Å². The summed E-state index contributed by atoms with van der Waals surface area (Å²) in [5.74, 6) is 1.62. The van der Waals surface area contributed by atoms with Gasteiger partial charge in [0.1, 0.15) is 11.5 Å². The molecule has 3 rings (SSSR count). The molecule has 0 aliphatic heterocycles.